The molecule has 0 radical (unpaired) electrons. The van der Waals surface area contributed by atoms with Crippen LogP contribution >= 0.6 is 11.3 Å². The molecule has 8 nitrogen and oxygen atoms in total. The number of rotatable bonds is 6. The third-order valence-electron chi connectivity index (χ3n) is 5.30. The number of fused-ring (bicyclic) bond motifs is 1. The SMILES string of the molecule is Cc1nc(CC(=O)OCC(=O)N2CCN(S(=O)(=O)c3ccc4ccccc4c3)CC2)cs1. The molecule has 1 saturated heterocycles. The predicted molar refractivity (Wildman–Crippen MR) is 121 cm³/mol. The fraction of sp³-hybridized carbons (Fsp3) is 0.318. The molecular formula is C22H23N3O5S2. The summed E-state index contributed by atoms with van der Waals surface area (Å²) in [5.74, 6) is -0.850. The van der Waals surface area contributed by atoms with E-state index < -0.39 is 16.0 Å². The van der Waals surface area contributed by atoms with Gasteiger partial charge in [-0.25, -0.2) is 13.4 Å². The van der Waals surface area contributed by atoms with Crippen molar-refractivity contribution >= 4 is 44.0 Å². The minimum absolute atomic E-state index is 0.0232. The number of thiazole rings is 1. The molecule has 10 heteroatoms. The standard InChI is InChI=1S/C22H23N3O5S2/c1-16-23-19(15-31-16)13-22(27)30-14-21(26)24-8-10-25(11-9-24)32(28,29)20-7-6-17-4-2-3-5-18(17)12-20/h2-7,12,15H,8-11,13-14H2,1H3. The number of nitrogens with zero attached hydrogens (tertiary/aromatic N) is 3. The second kappa shape index (κ2) is 9.35. The van der Waals surface area contributed by atoms with Gasteiger partial charge in [-0.05, 0) is 29.8 Å². The second-order valence-corrected chi connectivity index (χ2v) is 10.5. The third-order valence-corrected chi connectivity index (χ3v) is 8.02. The normalized spacial score (nSPS) is 15.1. The lowest BCUT2D eigenvalue weighted by Gasteiger charge is -2.33. The maximum absolute atomic E-state index is 13.0. The number of aryl methyl sites for hydroxylation is 1. The Kier molecular flexibility index (Phi) is 6.54. The Morgan fingerprint density at radius 2 is 1.78 bits per heavy atom. The van der Waals surface area contributed by atoms with Crippen LogP contribution in [0, 0.1) is 6.92 Å². The average Bonchev–Trinajstić information content (AvgIpc) is 3.21. The first-order valence-electron chi connectivity index (χ1n) is 10.2. The Hall–Kier alpha value is -2.82. The number of ether oxygens (including phenoxy) is 1. The molecule has 32 heavy (non-hydrogen) atoms. The van der Waals surface area contributed by atoms with Crippen LogP contribution in [0.5, 0.6) is 0 Å². The lowest BCUT2D eigenvalue weighted by atomic mass is 10.1. The highest BCUT2D eigenvalue weighted by Gasteiger charge is 2.30. The van der Waals surface area contributed by atoms with Crippen LogP contribution in [-0.4, -0.2) is 67.3 Å². The van der Waals surface area contributed by atoms with Gasteiger partial charge in [0.2, 0.25) is 10.0 Å². The topological polar surface area (TPSA) is 96.9 Å². The van der Waals surface area contributed by atoms with Crippen LogP contribution in [0.2, 0.25) is 0 Å². The molecule has 4 rings (SSSR count). The number of aromatic nitrogens is 1. The molecule has 0 bridgehead atoms. The first-order chi connectivity index (χ1) is 15.3. The lowest BCUT2D eigenvalue weighted by molar-refractivity contribution is -0.152. The Labute approximate surface area is 190 Å². The van der Waals surface area contributed by atoms with E-state index in [0.717, 1.165) is 15.8 Å². The van der Waals surface area contributed by atoms with Crippen molar-refractivity contribution in [2.75, 3.05) is 32.8 Å². The summed E-state index contributed by atoms with van der Waals surface area (Å²) < 4.78 is 32.6. The Balaban J connectivity index is 1.30. The molecular weight excluding hydrogens is 450 g/mol. The first kappa shape index (κ1) is 22.4. The van der Waals surface area contributed by atoms with E-state index in [0.29, 0.717) is 5.69 Å². The van der Waals surface area contributed by atoms with E-state index in [1.165, 1.54) is 20.5 Å². The zero-order valence-corrected chi connectivity index (χ0v) is 19.2. The molecule has 1 amide bonds. The molecule has 0 spiro atoms. The van der Waals surface area contributed by atoms with Crippen molar-refractivity contribution in [3.8, 4) is 0 Å². The van der Waals surface area contributed by atoms with Gasteiger partial charge >= 0.3 is 5.97 Å². The number of hydrogen-bond acceptors (Lipinski definition) is 7. The zero-order chi connectivity index (χ0) is 22.7. The largest absolute Gasteiger partial charge is 0.455 e. The number of amides is 1. The van der Waals surface area contributed by atoms with Crippen molar-refractivity contribution in [1.82, 2.24) is 14.2 Å². The Morgan fingerprint density at radius 1 is 1.06 bits per heavy atom. The molecule has 0 N–H and O–H groups in total. The first-order valence-corrected chi connectivity index (χ1v) is 12.5. The van der Waals surface area contributed by atoms with E-state index in [2.05, 4.69) is 4.98 Å². The van der Waals surface area contributed by atoms with E-state index in [9.17, 15) is 18.0 Å². The highest BCUT2D eigenvalue weighted by atomic mass is 32.2. The van der Waals surface area contributed by atoms with Crippen LogP contribution in [0.15, 0.2) is 52.7 Å². The molecule has 0 unspecified atom stereocenters. The van der Waals surface area contributed by atoms with E-state index in [-0.39, 0.29) is 50.0 Å². The number of carbonyl (C=O) groups is 2. The van der Waals surface area contributed by atoms with Crippen LogP contribution in [-0.2, 0) is 30.8 Å². The van der Waals surface area contributed by atoms with E-state index in [1.807, 2.05) is 31.2 Å². The van der Waals surface area contributed by atoms with Gasteiger partial charge in [0.05, 0.1) is 22.0 Å². The molecule has 0 atom stereocenters. The fourth-order valence-corrected chi connectivity index (χ4v) is 5.65. The van der Waals surface area contributed by atoms with Crippen LogP contribution in [0.4, 0.5) is 0 Å². The molecule has 1 aromatic heterocycles. The number of hydrogen-bond donors (Lipinski definition) is 0. The number of sulfonamides is 1. The monoisotopic (exact) mass is 473 g/mol. The summed E-state index contributed by atoms with van der Waals surface area (Å²) in [6.45, 7) is 2.35. The highest BCUT2D eigenvalue weighted by Crippen LogP contribution is 2.23. The Bertz CT molecular complexity index is 1250. The van der Waals surface area contributed by atoms with Gasteiger partial charge in [-0.15, -0.1) is 11.3 Å². The van der Waals surface area contributed by atoms with Crippen LogP contribution in [0.1, 0.15) is 10.7 Å². The van der Waals surface area contributed by atoms with E-state index in [4.69, 9.17) is 4.74 Å². The minimum atomic E-state index is -3.66. The quantitative estimate of drug-likeness (QED) is 0.510. The summed E-state index contributed by atoms with van der Waals surface area (Å²) in [5.41, 5.74) is 0.623. The van der Waals surface area contributed by atoms with Crippen molar-refractivity contribution in [3.63, 3.8) is 0 Å². The minimum Gasteiger partial charge on any atom is -0.455 e. The summed E-state index contributed by atoms with van der Waals surface area (Å²) in [4.78, 5) is 30.3. The predicted octanol–water partition coefficient (Wildman–Crippen LogP) is 2.22. The van der Waals surface area contributed by atoms with Crippen LogP contribution < -0.4 is 0 Å². The van der Waals surface area contributed by atoms with Gasteiger partial charge in [0.25, 0.3) is 5.91 Å². The molecule has 2 heterocycles. The van der Waals surface area contributed by atoms with Gasteiger partial charge in [-0.2, -0.15) is 4.31 Å². The molecule has 1 aliphatic rings. The van der Waals surface area contributed by atoms with Gasteiger partial charge in [0.1, 0.15) is 0 Å². The molecule has 2 aromatic carbocycles. The molecule has 0 aliphatic carbocycles. The number of carbonyl (C=O) groups excluding carboxylic acids is 2. The number of esters is 1. The van der Waals surface area contributed by atoms with Gasteiger partial charge in [0, 0.05) is 31.6 Å². The average molecular weight is 474 g/mol. The molecule has 1 fully saturated rings. The summed E-state index contributed by atoms with van der Waals surface area (Å²) in [5, 5.41) is 4.48. The van der Waals surface area contributed by atoms with Crippen molar-refractivity contribution in [1.29, 1.82) is 0 Å². The van der Waals surface area contributed by atoms with Gasteiger partial charge in [-0.1, -0.05) is 30.3 Å². The van der Waals surface area contributed by atoms with Gasteiger partial charge in [0.15, 0.2) is 6.61 Å². The molecule has 0 saturated carbocycles. The summed E-state index contributed by atoms with van der Waals surface area (Å²) in [7, 11) is -3.66. The highest BCUT2D eigenvalue weighted by molar-refractivity contribution is 7.89. The van der Waals surface area contributed by atoms with Crippen molar-refractivity contribution in [2.24, 2.45) is 0 Å². The third kappa shape index (κ3) is 4.98. The zero-order valence-electron chi connectivity index (χ0n) is 17.6. The smallest absolute Gasteiger partial charge is 0.312 e. The summed E-state index contributed by atoms with van der Waals surface area (Å²) in [6.07, 6.45) is 0.0232. The second-order valence-electron chi connectivity index (χ2n) is 7.49. The summed E-state index contributed by atoms with van der Waals surface area (Å²) in [6, 6.07) is 12.7. The number of piperazine rings is 1. The summed E-state index contributed by atoms with van der Waals surface area (Å²) >= 11 is 1.45. The molecule has 1 aliphatic heterocycles. The molecule has 3 aromatic rings. The fourth-order valence-electron chi connectivity index (χ4n) is 3.58. The van der Waals surface area contributed by atoms with Crippen molar-refractivity contribution in [3.05, 3.63) is 58.5 Å². The Morgan fingerprint density at radius 3 is 2.47 bits per heavy atom. The van der Waals surface area contributed by atoms with E-state index >= 15 is 0 Å². The molecule has 168 valence electrons. The maximum atomic E-state index is 13.0. The van der Waals surface area contributed by atoms with Crippen LogP contribution in [0.25, 0.3) is 10.8 Å². The van der Waals surface area contributed by atoms with E-state index in [1.54, 1.807) is 23.6 Å². The van der Waals surface area contributed by atoms with Gasteiger partial charge in [-0.3, -0.25) is 9.59 Å². The van der Waals surface area contributed by atoms with Crippen LogP contribution in [0.3, 0.4) is 0 Å². The lowest BCUT2D eigenvalue weighted by Crippen LogP contribution is -2.51. The maximum Gasteiger partial charge on any atom is 0.312 e. The van der Waals surface area contributed by atoms with Crippen molar-refractivity contribution < 1.29 is 22.7 Å². The number of benzene rings is 2. The van der Waals surface area contributed by atoms with Crippen molar-refractivity contribution in [2.45, 2.75) is 18.2 Å². The van der Waals surface area contributed by atoms with Gasteiger partial charge < -0.3 is 9.64 Å².